The summed E-state index contributed by atoms with van der Waals surface area (Å²) in [5, 5.41) is 3.95. The molecule has 0 bridgehead atoms. The molecule has 1 saturated heterocycles. The number of thioether (sulfide) groups is 1. The molecule has 3 aromatic heterocycles. The number of sulfone groups is 1. The number of aryl methyl sites for hydroxylation is 2. The molecule has 1 amide bonds. The first kappa shape index (κ1) is 21.7. The van der Waals surface area contributed by atoms with Crippen LogP contribution in [0.15, 0.2) is 32.8 Å². The van der Waals surface area contributed by atoms with Gasteiger partial charge in [-0.25, -0.2) is 13.4 Å². The third kappa shape index (κ3) is 4.38. The molecule has 170 valence electrons. The Morgan fingerprint density at radius 2 is 2.19 bits per heavy atom. The minimum absolute atomic E-state index is 0.0163. The summed E-state index contributed by atoms with van der Waals surface area (Å²) < 4.78 is 30.3. The Hall–Kier alpha value is -2.11. The molecular weight excluding hydrogens is 470 g/mol. The number of hydrogen-bond acceptors (Lipinski definition) is 8. The predicted octanol–water partition coefficient (Wildman–Crippen LogP) is 2.37. The number of hydrogen-bond donors (Lipinski definition) is 1. The first-order valence-corrected chi connectivity index (χ1v) is 14.2. The van der Waals surface area contributed by atoms with E-state index in [1.807, 2.05) is 0 Å². The number of nitrogens with zero attached hydrogens (tertiary/aromatic N) is 2. The lowest BCUT2D eigenvalue weighted by atomic mass is 9.97. The molecule has 0 spiro atoms. The molecule has 11 heteroatoms. The lowest BCUT2D eigenvalue weighted by molar-refractivity contribution is -0.119. The summed E-state index contributed by atoms with van der Waals surface area (Å²) in [7, 11) is -3.06. The minimum Gasteiger partial charge on any atom is -0.467 e. The van der Waals surface area contributed by atoms with Crippen molar-refractivity contribution in [2.45, 2.75) is 49.8 Å². The van der Waals surface area contributed by atoms with Gasteiger partial charge in [0.05, 0.1) is 35.5 Å². The highest BCUT2D eigenvalue weighted by atomic mass is 32.2. The van der Waals surface area contributed by atoms with Gasteiger partial charge in [0.15, 0.2) is 15.0 Å². The summed E-state index contributed by atoms with van der Waals surface area (Å²) >= 11 is 2.77. The fourth-order valence-corrected chi connectivity index (χ4v) is 8.12. The summed E-state index contributed by atoms with van der Waals surface area (Å²) in [6.07, 6.45) is 6.07. The molecule has 1 atom stereocenters. The number of carbonyl (C=O) groups excluding carboxylic acids is 1. The van der Waals surface area contributed by atoms with Crippen LogP contribution in [0, 0.1) is 0 Å². The molecule has 2 aliphatic rings. The maximum Gasteiger partial charge on any atom is 0.263 e. The van der Waals surface area contributed by atoms with Gasteiger partial charge in [-0.3, -0.25) is 14.2 Å². The molecule has 4 heterocycles. The second-order valence-electron chi connectivity index (χ2n) is 8.21. The molecule has 0 radical (unpaired) electrons. The van der Waals surface area contributed by atoms with Gasteiger partial charge in [-0.2, -0.15) is 0 Å². The van der Waals surface area contributed by atoms with Crippen molar-refractivity contribution in [1.29, 1.82) is 0 Å². The maximum atomic E-state index is 13.5. The van der Waals surface area contributed by atoms with Crippen molar-refractivity contribution in [3.05, 3.63) is 45.0 Å². The topological polar surface area (TPSA) is 111 Å². The monoisotopic (exact) mass is 493 g/mol. The molecule has 5 rings (SSSR count). The molecule has 1 unspecified atom stereocenters. The van der Waals surface area contributed by atoms with E-state index in [2.05, 4.69) is 5.32 Å². The van der Waals surface area contributed by atoms with Crippen LogP contribution >= 0.6 is 23.1 Å². The van der Waals surface area contributed by atoms with Crippen molar-refractivity contribution < 1.29 is 17.6 Å². The second kappa shape index (κ2) is 8.68. The zero-order valence-corrected chi connectivity index (χ0v) is 19.8. The summed E-state index contributed by atoms with van der Waals surface area (Å²) in [6, 6.07) is 3.23. The van der Waals surface area contributed by atoms with Crippen LogP contribution in [0.2, 0.25) is 0 Å². The van der Waals surface area contributed by atoms with Gasteiger partial charge in [-0.1, -0.05) is 11.8 Å². The number of thiophene rings is 1. The highest BCUT2D eigenvalue weighted by molar-refractivity contribution is 7.99. The SMILES string of the molecule is O=C(CSc1nc2sc3c(c2c(=O)n1Cc1ccco1)CCCC3)NC1CCS(=O)(=O)C1. The van der Waals surface area contributed by atoms with Crippen molar-refractivity contribution in [2.75, 3.05) is 17.3 Å². The molecule has 1 fully saturated rings. The van der Waals surface area contributed by atoms with E-state index in [0.29, 0.717) is 22.7 Å². The van der Waals surface area contributed by atoms with Gasteiger partial charge in [0.2, 0.25) is 5.91 Å². The molecule has 0 aromatic carbocycles. The maximum absolute atomic E-state index is 13.5. The minimum atomic E-state index is -3.06. The van der Waals surface area contributed by atoms with E-state index in [-0.39, 0.29) is 41.3 Å². The van der Waals surface area contributed by atoms with Gasteiger partial charge in [0.25, 0.3) is 5.56 Å². The molecule has 1 N–H and O–H groups in total. The average Bonchev–Trinajstić information content (AvgIpc) is 3.47. The van der Waals surface area contributed by atoms with E-state index >= 15 is 0 Å². The summed E-state index contributed by atoms with van der Waals surface area (Å²) in [6.45, 7) is 0.240. The first-order chi connectivity index (χ1) is 15.4. The number of nitrogens with one attached hydrogen (secondary N) is 1. The number of aromatic nitrogens is 2. The van der Waals surface area contributed by atoms with Crippen molar-refractivity contribution in [3.8, 4) is 0 Å². The third-order valence-electron chi connectivity index (χ3n) is 5.86. The Balaban J connectivity index is 1.43. The molecule has 8 nitrogen and oxygen atoms in total. The molecular formula is C21H23N3O5S3. The van der Waals surface area contributed by atoms with Crippen LogP contribution in [-0.2, 0) is 34.0 Å². The number of fused-ring (bicyclic) bond motifs is 3. The molecule has 32 heavy (non-hydrogen) atoms. The van der Waals surface area contributed by atoms with Gasteiger partial charge in [0.1, 0.15) is 10.6 Å². The van der Waals surface area contributed by atoms with Crippen LogP contribution in [0.1, 0.15) is 35.5 Å². The summed E-state index contributed by atoms with van der Waals surface area (Å²) in [5.41, 5.74) is 1.02. The largest absolute Gasteiger partial charge is 0.467 e. The van der Waals surface area contributed by atoms with Crippen LogP contribution in [0.3, 0.4) is 0 Å². The predicted molar refractivity (Wildman–Crippen MR) is 124 cm³/mol. The van der Waals surface area contributed by atoms with Crippen LogP contribution in [0.4, 0.5) is 0 Å². The number of carbonyl (C=O) groups is 1. The van der Waals surface area contributed by atoms with Crippen LogP contribution < -0.4 is 10.9 Å². The fourth-order valence-electron chi connectivity index (χ4n) is 4.34. The van der Waals surface area contributed by atoms with Gasteiger partial charge in [-0.05, 0) is 49.8 Å². The van der Waals surface area contributed by atoms with E-state index in [9.17, 15) is 18.0 Å². The second-order valence-corrected chi connectivity index (χ2v) is 12.5. The van der Waals surface area contributed by atoms with Crippen molar-refractivity contribution in [3.63, 3.8) is 0 Å². The lowest BCUT2D eigenvalue weighted by Gasteiger charge is -2.14. The number of furan rings is 1. The number of amides is 1. The zero-order valence-electron chi connectivity index (χ0n) is 17.3. The smallest absolute Gasteiger partial charge is 0.263 e. The van der Waals surface area contributed by atoms with Crippen molar-refractivity contribution in [1.82, 2.24) is 14.9 Å². The highest BCUT2D eigenvalue weighted by Gasteiger charge is 2.29. The van der Waals surface area contributed by atoms with E-state index in [1.54, 1.807) is 34.3 Å². The molecule has 0 saturated carbocycles. The van der Waals surface area contributed by atoms with Gasteiger partial charge in [-0.15, -0.1) is 11.3 Å². The van der Waals surface area contributed by atoms with Crippen molar-refractivity contribution in [2.24, 2.45) is 0 Å². The van der Waals surface area contributed by atoms with Crippen molar-refractivity contribution >= 4 is 49.1 Å². The first-order valence-electron chi connectivity index (χ1n) is 10.6. The van der Waals surface area contributed by atoms with E-state index in [0.717, 1.165) is 36.1 Å². The Labute approximate surface area is 193 Å². The zero-order chi connectivity index (χ0) is 22.3. The van der Waals surface area contributed by atoms with E-state index in [4.69, 9.17) is 9.40 Å². The molecule has 3 aromatic rings. The molecule has 1 aliphatic heterocycles. The average molecular weight is 494 g/mol. The standard InChI is InChI=1S/C21H23N3O5S3/c25-17(22-13-7-9-32(27,28)12-13)11-30-21-23-19-18(15-5-1-2-6-16(15)31-19)20(26)24(21)10-14-4-3-8-29-14/h3-4,8,13H,1-2,5-7,9-12H2,(H,22,25). The van der Waals surface area contributed by atoms with Gasteiger partial charge < -0.3 is 9.73 Å². The van der Waals surface area contributed by atoms with Crippen LogP contribution in [0.5, 0.6) is 0 Å². The van der Waals surface area contributed by atoms with E-state index in [1.165, 1.54) is 16.6 Å². The Morgan fingerprint density at radius 1 is 1.34 bits per heavy atom. The van der Waals surface area contributed by atoms with Crippen LogP contribution in [0.25, 0.3) is 10.2 Å². The van der Waals surface area contributed by atoms with Crippen LogP contribution in [-0.4, -0.2) is 47.2 Å². The Morgan fingerprint density at radius 3 is 2.94 bits per heavy atom. The lowest BCUT2D eigenvalue weighted by Crippen LogP contribution is -2.36. The van der Waals surface area contributed by atoms with E-state index < -0.39 is 9.84 Å². The summed E-state index contributed by atoms with van der Waals surface area (Å²) in [4.78, 5) is 32.7. The van der Waals surface area contributed by atoms with Gasteiger partial charge in [0, 0.05) is 10.9 Å². The van der Waals surface area contributed by atoms with Gasteiger partial charge >= 0.3 is 0 Å². The third-order valence-corrected chi connectivity index (χ3v) is 9.79. The summed E-state index contributed by atoms with van der Waals surface area (Å²) in [5.74, 6) is 0.519. The highest BCUT2D eigenvalue weighted by Crippen LogP contribution is 2.34. The quantitative estimate of drug-likeness (QED) is 0.414. The normalized spacial score (nSPS) is 19.8. The molecule has 1 aliphatic carbocycles. The fraction of sp³-hybridized carbons (Fsp3) is 0.476. The Bertz CT molecular complexity index is 1320. The Kier molecular flexibility index (Phi) is 5.89. The number of rotatable bonds is 6.